The van der Waals surface area contributed by atoms with Crippen LogP contribution in [0.3, 0.4) is 0 Å². The molecule has 1 saturated carbocycles. The van der Waals surface area contributed by atoms with Crippen LogP contribution in [0.1, 0.15) is 18.6 Å². The summed E-state index contributed by atoms with van der Waals surface area (Å²) < 4.78 is 30.2. The molecule has 1 aromatic heterocycles. The normalized spacial score (nSPS) is 24.6. The zero-order chi connectivity index (χ0) is 12.5. The van der Waals surface area contributed by atoms with Crippen LogP contribution in [0.4, 0.5) is 0 Å². The molecule has 0 spiro atoms. The third kappa shape index (κ3) is 2.86. The van der Waals surface area contributed by atoms with E-state index in [2.05, 4.69) is 10.0 Å². The molecule has 0 atom stereocenters. The predicted molar refractivity (Wildman–Crippen MR) is 60.8 cm³/mol. The van der Waals surface area contributed by atoms with Crippen LogP contribution < -0.4 is 10.0 Å². The lowest BCUT2D eigenvalue weighted by atomic mass is 9.89. The van der Waals surface area contributed by atoms with E-state index in [-0.39, 0.29) is 11.2 Å². The molecule has 1 fully saturated rings. The van der Waals surface area contributed by atoms with Gasteiger partial charge in [-0.25, -0.2) is 13.1 Å². The average Bonchev–Trinajstić information content (AvgIpc) is 2.72. The fourth-order valence-corrected chi connectivity index (χ4v) is 2.36. The fourth-order valence-electron chi connectivity index (χ4n) is 1.70. The SMILES string of the molecule is CNS(=O)(=O)c1ccc(CNC2CC(O)C2)o1. The van der Waals surface area contributed by atoms with Crippen LogP contribution in [-0.4, -0.2) is 32.7 Å². The summed E-state index contributed by atoms with van der Waals surface area (Å²) in [6.45, 7) is 0.469. The van der Waals surface area contributed by atoms with Gasteiger partial charge >= 0.3 is 0 Å². The third-order valence-electron chi connectivity index (χ3n) is 2.85. The van der Waals surface area contributed by atoms with E-state index in [0.717, 1.165) is 12.8 Å². The zero-order valence-electron chi connectivity index (χ0n) is 9.51. The zero-order valence-corrected chi connectivity index (χ0v) is 10.3. The Morgan fingerprint density at radius 2 is 2.18 bits per heavy atom. The first kappa shape index (κ1) is 12.6. The highest BCUT2D eigenvalue weighted by Gasteiger charge is 2.26. The van der Waals surface area contributed by atoms with Gasteiger partial charge in [0.15, 0.2) is 0 Å². The molecule has 0 aromatic carbocycles. The maximum Gasteiger partial charge on any atom is 0.273 e. The summed E-state index contributed by atoms with van der Waals surface area (Å²) in [4.78, 5) is 0. The highest BCUT2D eigenvalue weighted by atomic mass is 32.2. The van der Waals surface area contributed by atoms with E-state index in [9.17, 15) is 8.42 Å². The largest absolute Gasteiger partial charge is 0.447 e. The molecule has 0 amide bonds. The van der Waals surface area contributed by atoms with E-state index in [1.165, 1.54) is 13.1 Å². The van der Waals surface area contributed by atoms with Gasteiger partial charge in [0.25, 0.3) is 10.0 Å². The van der Waals surface area contributed by atoms with Crippen molar-refractivity contribution in [3.63, 3.8) is 0 Å². The van der Waals surface area contributed by atoms with E-state index in [4.69, 9.17) is 9.52 Å². The second-order valence-electron chi connectivity index (χ2n) is 4.13. The predicted octanol–water partition coefficient (Wildman–Crippen LogP) is -0.199. The van der Waals surface area contributed by atoms with Gasteiger partial charge in [-0.15, -0.1) is 0 Å². The number of hydrogen-bond acceptors (Lipinski definition) is 5. The van der Waals surface area contributed by atoms with Crippen LogP contribution in [0.15, 0.2) is 21.6 Å². The van der Waals surface area contributed by atoms with Crippen molar-refractivity contribution in [1.29, 1.82) is 0 Å². The monoisotopic (exact) mass is 260 g/mol. The molecule has 96 valence electrons. The van der Waals surface area contributed by atoms with Crippen LogP contribution in [0.25, 0.3) is 0 Å². The average molecular weight is 260 g/mol. The van der Waals surface area contributed by atoms with Gasteiger partial charge in [-0.3, -0.25) is 0 Å². The minimum absolute atomic E-state index is 0.0783. The quantitative estimate of drug-likeness (QED) is 0.682. The van der Waals surface area contributed by atoms with E-state index < -0.39 is 10.0 Å². The molecule has 0 saturated heterocycles. The second-order valence-corrected chi connectivity index (χ2v) is 5.95. The van der Waals surface area contributed by atoms with Crippen molar-refractivity contribution in [3.8, 4) is 0 Å². The molecule has 2 rings (SSSR count). The van der Waals surface area contributed by atoms with Gasteiger partial charge in [0.2, 0.25) is 5.09 Å². The molecule has 0 radical (unpaired) electrons. The molecule has 1 aliphatic carbocycles. The summed E-state index contributed by atoms with van der Waals surface area (Å²) in [6, 6.07) is 3.35. The molecule has 1 aromatic rings. The minimum Gasteiger partial charge on any atom is -0.447 e. The molecule has 17 heavy (non-hydrogen) atoms. The summed E-state index contributed by atoms with van der Waals surface area (Å²) in [6.07, 6.45) is 1.27. The van der Waals surface area contributed by atoms with Crippen molar-refractivity contribution >= 4 is 10.0 Å². The third-order valence-corrected chi connectivity index (χ3v) is 4.14. The van der Waals surface area contributed by atoms with Gasteiger partial charge in [-0.1, -0.05) is 0 Å². The topological polar surface area (TPSA) is 91.6 Å². The Balaban J connectivity index is 1.90. The Hall–Kier alpha value is -0.890. The standard InChI is InChI=1S/C10H16N2O4S/c1-11-17(14,15)10-3-2-9(16-10)6-12-7-4-8(13)5-7/h2-3,7-8,11-13H,4-6H2,1H3. The van der Waals surface area contributed by atoms with E-state index in [1.54, 1.807) is 6.07 Å². The lowest BCUT2D eigenvalue weighted by molar-refractivity contribution is 0.0610. The molecule has 6 nitrogen and oxygen atoms in total. The van der Waals surface area contributed by atoms with Crippen LogP contribution in [0.2, 0.25) is 0 Å². The first-order chi connectivity index (χ1) is 8.01. The van der Waals surface area contributed by atoms with Gasteiger partial charge in [0, 0.05) is 6.04 Å². The van der Waals surface area contributed by atoms with Gasteiger partial charge in [0.1, 0.15) is 5.76 Å². The molecule has 3 N–H and O–H groups in total. The first-order valence-corrected chi connectivity index (χ1v) is 6.93. The first-order valence-electron chi connectivity index (χ1n) is 5.45. The van der Waals surface area contributed by atoms with Crippen LogP contribution in [0.5, 0.6) is 0 Å². The second kappa shape index (κ2) is 4.77. The van der Waals surface area contributed by atoms with Gasteiger partial charge in [-0.2, -0.15) is 0 Å². The Morgan fingerprint density at radius 3 is 2.76 bits per heavy atom. The van der Waals surface area contributed by atoms with Crippen LogP contribution in [0, 0.1) is 0 Å². The maximum atomic E-state index is 11.4. The molecule has 7 heteroatoms. The summed E-state index contributed by atoms with van der Waals surface area (Å²) in [5.41, 5.74) is 0. The summed E-state index contributed by atoms with van der Waals surface area (Å²) in [7, 11) is -2.16. The van der Waals surface area contributed by atoms with Gasteiger partial charge in [0.05, 0.1) is 12.6 Å². The highest BCUT2D eigenvalue weighted by molar-refractivity contribution is 7.89. The van der Waals surface area contributed by atoms with E-state index in [0.29, 0.717) is 18.3 Å². The Morgan fingerprint density at radius 1 is 1.47 bits per heavy atom. The summed E-state index contributed by atoms with van der Waals surface area (Å²) in [5.74, 6) is 0.570. The number of sulfonamides is 1. The molecular weight excluding hydrogens is 244 g/mol. The van der Waals surface area contributed by atoms with E-state index in [1.807, 2.05) is 0 Å². The number of aliphatic hydroxyl groups excluding tert-OH is 1. The van der Waals surface area contributed by atoms with Crippen molar-refractivity contribution in [3.05, 3.63) is 17.9 Å². The lowest BCUT2D eigenvalue weighted by Gasteiger charge is -2.31. The van der Waals surface area contributed by atoms with Crippen LogP contribution in [-0.2, 0) is 16.6 Å². The molecular formula is C10H16N2O4S. The Kier molecular flexibility index (Phi) is 3.53. The Bertz CT molecular complexity index is 476. The highest BCUT2D eigenvalue weighted by Crippen LogP contribution is 2.20. The molecule has 0 aliphatic heterocycles. The van der Waals surface area contributed by atoms with Crippen molar-refractivity contribution in [2.75, 3.05) is 7.05 Å². The number of furan rings is 1. The molecule has 1 aliphatic rings. The Labute approximate surface area is 100 Å². The lowest BCUT2D eigenvalue weighted by Crippen LogP contribution is -2.43. The molecule has 0 bridgehead atoms. The smallest absolute Gasteiger partial charge is 0.273 e. The molecule has 1 heterocycles. The number of rotatable bonds is 5. The number of hydrogen-bond donors (Lipinski definition) is 3. The van der Waals surface area contributed by atoms with Crippen molar-refractivity contribution in [1.82, 2.24) is 10.0 Å². The van der Waals surface area contributed by atoms with Gasteiger partial charge < -0.3 is 14.8 Å². The molecule has 0 unspecified atom stereocenters. The minimum atomic E-state index is -3.50. The van der Waals surface area contributed by atoms with Crippen molar-refractivity contribution in [2.24, 2.45) is 0 Å². The van der Waals surface area contributed by atoms with E-state index >= 15 is 0 Å². The summed E-state index contributed by atoms with van der Waals surface area (Å²) in [5, 5.41) is 12.2. The number of nitrogens with one attached hydrogen (secondary N) is 2. The van der Waals surface area contributed by atoms with Crippen molar-refractivity contribution in [2.45, 2.75) is 36.6 Å². The van der Waals surface area contributed by atoms with Crippen molar-refractivity contribution < 1.29 is 17.9 Å². The van der Waals surface area contributed by atoms with Crippen LogP contribution >= 0.6 is 0 Å². The van der Waals surface area contributed by atoms with Gasteiger partial charge in [-0.05, 0) is 32.0 Å². The fraction of sp³-hybridized carbons (Fsp3) is 0.600. The number of aliphatic hydroxyl groups is 1. The summed E-state index contributed by atoms with van der Waals surface area (Å²) >= 11 is 0. The maximum absolute atomic E-state index is 11.4.